The van der Waals surface area contributed by atoms with Gasteiger partial charge in [-0.05, 0) is 72.2 Å². The Hall–Kier alpha value is -3.31. The van der Waals surface area contributed by atoms with E-state index in [0.717, 1.165) is 60.4 Å². The largest absolute Gasteiger partial charge is 0.494 e. The summed E-state index contributed by atoms with van der Waals surface area (Å²) < 4.78 is 8.31. The minimum Gasteiger partial charge on any atom is -0.494 e. The molecule has 4 rings (SSSR count). The molecule has 0 atom stereocenters. The molecule has 0 fully saturated rings. The van der Waals surface area contributed by atoms with Crippen LogP contribution in [0.3, 0.4) is 0 Å². The van der Waals surface area contributed by atoms with Crippen molar-refractivity contribution in [3.05, 3.63) is 94.8 Å². The molecule has 1 amide bonds. The van der Waals surface area contributed by atoms with Gasteiger partial charge in [0.1, 0.15) is 11.6 Å². The molecule has 3 aromatic carbocycles. The maximum atomic E-state index is 12.3. The fourth-order valence-corrected chi connectivity index (χ4v) is 4.63. The van der Waals surface area contributed by atoms with Crippen LogP contribution in [0.1, 0.15) is 57.0 Å². The fraction of sp³-hybridized carbons (Fsp3) is 0.375. The first-order valence-electron chi connectivity index (χ1n) is 13.5. The quantitative estimate of drug-likeness (QED) is 0.198. The van der Waals surface area contributed by atoms with Gasteiger partial charge in [-0.1, -0.05) is 68.8 Å². The zero-order valence-electron chi connectivity index (χ0n) is 22.7. The lowest BCUT2D eigenvalue weighted by molar-refractivity contribution is -0.120. The number of nitrogens with zero attached hydrogens (tertiary/aromatic N) is 2. The van der Waals surface area contributed by atoms with E-state index in [4.69, 9.17) is 21.3 Å². The molecule has 0 saturated heterocycles. The predicted octanol–water partition coefficient (Wildman–Crippen LogP) is 7.14. The Morgan fingerprint density at radius 3 is 2.42 bits per heavy atom. The van der Waals surface area contributed by atoms with Crippen LogP contribution in [0.2, 0.25) is 5.02 Å². The summed E-state index contributed by atoms with van der Waals surface area (Å²) in [5, 5.41) is 3.71. The summed E-state index contributed by atoms with van der Waals surface area (Å²) in [5.74, 6) is 2.01. The number of rotatable bonds is 12. The molecule has 0 bridgehead atoms. The summed E-state index contributed by atoms with van der Waals surface area (Å²) in [5.41, 5.74) is 4.59. The summed E-state index contributed by atoms with van der Waals surface area (Å²) in [6, 6.07) is 24.1. The third-order valence-electron chi connectivity index (χ3n) is 6.68. The van der Waals surface area contributed by atoms with E-state index in [9.17, 15) is 4.79 Å². The Morgan fingerprint density at radius 1 is 0.947 bits per heavy atom. The van der Waals surface area contributed by atoms with Crippen LogP contribution in [0.5, 0.6) is 5.75 Å². The van der Waals surface area contributed by atoms with Gasteiger partial charge in [0.15, 0.2) is 0 Å². The fourth-order valence-electron chi connectivity index (χ4n) is 4.50. The lowest BCUT2D eigenvalue weighted by Crippen LogP contribution is -2.26. The summed E-state index contributed by atoms with van der Waals surface area (Å²) in [7, 11) is 0. The standard InChI is InChI=1S/C32H38ClN3O2/c1-32(2,3)25-14-18-27(19-15-25)38-22-7-6-21-36-29-10-5-4-9-28(29)35-30(36)11-8-20-34-31(37)23-24-12-16-26(33)17-13-24/h4-5,9-10,12-19H,6-8,11,20-23H2,1-3H3,(H,34,37). The molecule has 0 spiro atoms. The van der Waals surface area contributed by atoms with E-state index in [2.05, 4.69) is 73.1 Å². The maximum Gasteiger partial charge on any atom is 0.224 e. The monoisotopic (exact) mass is 531 g/mol. The van der Waals surface area contributed by atoms with Gasteiger partial charge in [-0.15, -0.1) is 0 Å². The van der Waals surface area contributed by atoms with Crippen molar-refractivity contribution >= 4 is 28.5 Å². The first-order valence-corrected chi connectivity index (χ1v) is 13.9. The zero-order chi connectivity index (χ0) is 27.0. The third-order valence-corrected chi connectivity index (χ3v) is 6.93. The molecule has 1 heterocycles. The number of unbranched alkanes of at least 4 members (excludes halogenated alkanes) is 1. The topological polar surface area (TPSA) is 56.1 Å². The number of halogens is 1. The summed E-state index contributed by atoms with van der Waals surface area (Å²) >= 11 is 5.93. The molecular weight excluding hydrogens is 494 g/mol. The average Bonchev–Trinajstić information content (AvgIpc) is 3.25. The van der Waals surface area contributed by atoms with E-state index in [-0.39, 0.29) is 11.3 Å². The van der Waals surface area contributed by atoms with Crippen LogP contribution in [-0.2, 0) is 29.6 Å². The molecule has 5 nitrogen and oxygen atoms in total. The SMILES string of the molecule is CC(C)(C)c1ccc(OCCCCn2c(CCCNC(=O)Cc3ccc(Cl)cc3)nc3ccccc32)cc1. The van der Waals surface area contributed by atoms with E-state index < -0.39 is 0 Å². The van der Waals surface area contributed by atoms with Crippen LogP contribution in [0, 0.1) is 0 Å². The second-order valence-electron chi connectivity index (χ2n) is 10.8. The van der Waals surface area contributed by atoms with E-state index in [1.165, 1.54) is 5.56 Å². The number of hydrogen-bond acceptors (Lipinski definition) is 3. The van der Waals surface area contributed by atoms with Crippen molar-refractivity contribution in [2.45, 2.75) is 64.8 Å². The second kappa shape index (κ2) is 13.0. The smallest absolute Gasteiger partial charge is 0.224 e. The van der Waals surface area contributed by atoms with Crippen molar-refractivity contribution in [1.82, 2.24) is 14.9 Å². The van der Waals surface area contributed by atoms with Crippen LogP contribution >= 0.6 is 11.6 Å². The minimum atomic E-state index is 0.0221. The van der Waals surface area contributed by atoms with Crippen LogP contribution in [0.4, 0.5) is 0 Å². The number of para-hydroxylation sites is 2. The van der Waals surface area contributed by atoms with Crippen molar-refractivity contribution < 1.29 is 9.53 Å². The van der Waals surface area contributed by atoms with Crippen LogP contribution in [0.25, 0.3) is 11.0 Å². The van der Waals surface area contributed by atoms with Gasteiger partial charge in [-0.25, -0.2) is 4.98 Å². The number of amides is 1. The number of carbonyl (C=O) groups excluding carboxylic acids is 1. The number of aryl methyl sites for hydroxylation is 2. The maximum absolute atomic E-state index is 12.3. The third kappa shape index (κ3) is 7.84. The zero-order valence-corrected chi connectivity index (χ0v) is 23.4. The molecule has 0 aliphatic heterocycles. The molecule has 0 unspecified atom stereocenters. The van der Waals surface area contributed by atoms with Crippen LogP contribution in [0.15, 0.2) is 72.8 Å². The van der Waals surface area contributed by atoms with Gasteiger partial charge in [0.05, 0.1) is 24.1 Å². The van der Waals surface area contributed by atoms with E-state index in [1.54, 1.807) is 0 Å². The molecule has 0 saturated carbocycles. The van der Waals surface area contributed by atoms with Crippen molar-refractivity contribution in [3.8, 4) is 5.75 Å². The van der Waals surface area contributed by atoms with Gasteiger partial charge in [0.2, 0.25) is 5.91 Å². The number of carbonyl (C=O) groups is 1. The lowest BCUT2D eigenvalue weighted by Gasteiger charge is -2.19. The molecular formula is C32H38ClN3O2. The number of aromatic nitrogens is 2. The molecule has 0 aliphatic rings. The highest BCUT2D eigenvalue weighted by Gasteiger charge is 2.13. The number of ether oxygens (including phenoxy) is 1. The first kappa shape index (κ1) is 27.7. The number of imidazole rings is 1. The van der Waals surface area contributed by atoms with Crippen molar-refractivity contribution in [2.75, 3.05) is 13.2 Å². The highest BCUT2D eigenvalue weighted by atomic mass is 35.5. The Kier molecular flexibility index (Phi) is 9.46. The van der Waals surface area contributed by atoms with Gasteiger partial charge in [-0.2, -0.15) is 0 Å². The number of benzene rings is 3. The minimum absolute atomic E-state index is 0.0221. The first-order chi connectivity index (χ1) is 18.3. The molecule has 0 radical (unpaired) electrons. The molecule has 1 N–H and O–H groups in total. The predicted molar refractivity (Wildman–Crippen MR) is 156 cm³/mol. The molecule has 38 heavy (non-hydrogen) atoms. The van der Waals surface area contributed by atoms with E-state index >= 15 is 0 Å². The number of nitrogens with one attached hydrogen (secondary N) is 1. The Bertz CT molecular complexity index is 1320. The summed E-state index contributed by atoms with van der Waals surface area (Å²) in [6.07, 6.45) is 3.98. The highest BCUT2D eigenvalue weighted by molar-refractivity contribution is 6.30. The van der Waals surface area contributed by atoms with E-state index in [0.29, 0.717) is 24.6 Å². The second-order valence-corrected chi connectivity index (χ2v) is 11.2. The summed E-state index contributed by atoms with van der Waals surface area (Å²) in [6.45, 7) is 8.86. The summed E-state index contributed by atoms with van der Waals surface area (Å²) in [4.78, 5) is 17.2. The van der Waals surface area contributed by atoms with Gasteiger partial charge < -0.3 is 14.6 Å². The van der Waals surface area contributed by atoms with Gasteiger partial charge in [0, 0.05) is 24.5 Å². The van der Waals surface area contributed by atoms with Gasteiger partial charge >= 0.3 is 0 Å². The number of fused-ring (bicyclic) bond motifs is 1. The molecule has 200 valence electrons. The van der Waals surface area contributed by atoms with E-state index in [1.807, 2.05) is 30.3 Å². The molecule has 4 aromatic rings. The lowest BCUT2D eigenvalue weighted by atomic mass is 9.87. The highest BCUT2D eigenvalue weighted by Crippen LogP contribution is 2.24. The van der Waals surface area contributed by atoms with Crippen molar-refractivity contribution in [2.24, 2.45) is 0 Å². The average molecular weight is 532 g/mol. The van der Waals surface area contributed by atoms with Crippen molar-refractivity contribution in [1.29, 1.82) is 0 Å². The van der Waals surface area contributed by atoms with Gasteiger partial charge in [0.25, 0.3) is 0 Å². The Labute approximate surface area is 231 Å². The van der Waals surface area contributed by atoms with Gasteiger partial charge in [-0.3, -0.25) is 4.79 Å². The molecule has 6 heteroatoms. The Balaban J connectivity index is 1.24. The van der Waals surface area contributed by atoms with Crippen LogP contribution in [-0.4, -0.2) is 28.6 Å². The van der Waals surface area contributed by atoms with Crippen LogP contribution < -0.4 is 10.1 Å². The number of hydrogen-bond donors (Lipinski definition) is 1. The Morgan fingerprint density at radius 2 is 1.68 bits per heavy atom. The molecule has 1 aromatic heterocycles. The van der Waals surface area contributed by atoms with Crippen molar-refractivity contribution in [3.63, 3.8) is 0 Å². The normalized spacial score (nSPS) is 11.6. The molecule has 0 aliphatic carbocycles.